The first-order valence-electron chi connectivity index (χ1n) is 4.25. The van der Waals surface area contributed by atoms with Crippen LogP contribution in [0.5, 0.6) is 0 Å². The Kier molecular flexibility index (Phi) is 4.90. The first-order valence-corrected chi connectivity index (χ1v) is 5.52. The molecule has 0 amide bonds. The van der Waals surface area contributed by atoms with Crippen molar-refractivity contribution < 1.29 is 9.53 Å². The van der Waals surface area contributed by atoms with Crippen LogP contribution in [0.25, 0.3) is 0 Å². The van der Waals surface area contributed by atoms with E-state index in [4.69, 9.17) is 4.74 Å². The summed E-state index contributed by atoms with van der Waals surface area (Å²) in [5, 5.41) is 0. The second kappa shape index (κ2) is 5.98. The maximum Gasteiger partial charge on any atom is 0.338 e. The topological polar surface area (TPSA) is 26.3 Å². The highest BCUT2D eigenvalue weighted by molar-refractivity contribution is 7.80. The van der Waals surface area contributed by atoms with Gasteiger partial charge in [-0.15, -0.1) is 0 Å². The van der Waals surface area contributed by atoms with Crippen molar-refractivity contribution in [2.75, 3.05) is 12.4 Å². The number of benzene rings is 1. The van der Waals surface area contributed by atoms with Crippen LogP contribution in [0.15, 0.2) is 24.3 Å². The summed E-state index contributed by atoms with van der Waals surface area (Å²) < 4.78 is 4.92. The monoisotopic (exact) mass is 228 g/mol. The van der Waals surface area contributed by atoms with E-state index in [0.29, 0.717) is 23.7 Å². The van der Waals surface area contributed by atoms with Gasteiger partial charge in [0.05, 0.1) is 5.56 Å². The van der Waals surface area contributed by atoms with Crippen LogP contribution in [-0.4, -0.2) is 18.3 Å². The average Bonchev–Trinajstić information content (AvgIpc) is 2.26. The zero-order valence-electron chi connectivity index (χ0n) is 7.64. The molecule has 1 rings (SSSR count). The van der Waals surface area contributed by atoms with E-state index in [2.05, 4.69) is 25.3 Å². The molecule has 0 fully saturated rings. The highest BCUT2D eigenvalue weighted by atomic mass is 32.1. The Hall–Kier alpha value is -0.610. The highest BCUT2D eigenvalue weighted by Crippen LogP contribution is 2.07. The van der Waals surface area contributed by atoms with Gasteiger partial charge in [-0.3, -0.25) is 0 Å². The van der Waals surface area contributed by atoms with Crippen LogP contribution in [0.4, 0.5) is 0 Å². The molecule has 0 spiro atoms. The Morgan fingerprint density at radius 3 is 2.36 bits per heavy atom. The summed E-state index contributed by atoms with van der Waals surface area (Å²) in [7, 11) is 0. The highest BCUT2D eigenvalue weighted by Gasteiger charge is 2.05. The van der Waals surface area contributed by atoms with Crippen molar-refractivity contribution in [1.29, 1.82) is 0 Å². The van der Waals surface area contributed by atoms with Crippen molar-refractivity contribution in [2.45, 2.75) is 5.75 Å². The molecule has 2 nitrogen and oxygen atoms in total. The smallest absolute Gasteiger partial charge is 0.338 e. The lowest BCUT2D eigenvalue weighted by Gasteiger charge is -2.03. The standard InChI is InChI=1S/C10H12O2S2/c11-10(12-5-6-13)9-3-1-8(7-14)2-4-9/h1-4,13-14H,5-7H2. The van der Waals surface area contributed by atoms with Gasteiger partial charge < -0.3 is 4.74 Å². The van der Waals surface area contributed by atoms with Gasteiger partial charge in [0, 0.05) is 11.5 Å². The third-order valence-electron chi connectivity index (χ3n) is 1.70. The lowest BCUT2D eigenvalue weighted by atomic mass is 10.1. The Morgan fingerprint density at radius 1 is 1.21 bits per heavy atom. The summed E-state index contributed by atoms with van der Waals surface area (Å²) in [5.74, 6) is 0.914. The summed E-state index contributed by atoms with van der Waals surface area (Å²) in [5.41, 5.74) is 1.65. The second-order valence-corrected chi connectivity index (χ2v) is 3.48. The van der Waals surface area contributed by atoms with Gasteiger partial charge in [0.15, 0.2) is 0 Å². The molecular weight excluding hydrogens is 216 g/mol. The summed E-state index contributed by atoms with van der Waals surface area (Å²) >= 11 is 8.08. The van der Waals surface area contributed by atoms with Crippen LogP contribution < -0.4 is 0 Å². The maximum absolute atomic E-state index is 11.3. The Bertz CT molecular complexity index is 295. The molecular formula is C10H12O2S2. The number of rotatable bonds is 4. The predicted octanol–water partition coefficient (Wildman–Crippen LogP) is 2.20. The van der Waals surface area contributed by atoms with E-state index in [1.807, 2.05) is 12.1 Å². The fourth-order valence-corrected chi connectivity index (χ4v) is 1.27. The molecule has 0 atom stereocenters. The van der Waals surface area contributed by atoms with Crippen LogP contribution in [0.3, 0.4) is 0 Å². The first-order chi connectivity index (χ1) is 6.77. The van der Waals surface area contributed by atoms with Gasteiger partial charge >= 0.3 is 5.97 Å². The summed E-state index contributed by atoms with van der Waals surface area (Å²) in [6, 6.07) is 7.22. The van der Waals surface area contributed by atoms with Gasteiger partial charge in [-0.1, -0.05) is 12.1 Å². The molecule has 1 aromatic carbocycles. The molecule has 0 aliphatic carbocycles. The van der Waals surface area contributed by atoms with Crippen LogP contribution in [0.1, 0.15) is 15.9 Å². The molecule has 0 saturated heterocycles. The number of thiol groups is 2. The fraction of sp³-hybridized carbons (Fsp3) is 0.300. The summed E-state index contributed by atoms with van der Waals surface area (Å²) in [6.07, 6.45) is 0. The summed E-state index contributed by atoms with van der Waals surface area (Å²) in [6.45, 7) is 0.344. The zero-order valence-corrected chi connectivity index (χ0v) is 9.43. The molecule has 0 heterocycles. The molecule has 0 bridgehead atoms. The van der Waals surface area contributed by atoms with Crippen molar-refractivity contribution in [3.05, 3.63) is 35.4 Å². The lowest BCUT2D eigenvalue weighted by Crippen LogP contribution is -2.06. The van der Waals surface area contributed by atoms with Crippen molar-refractivity contribution in [1.82, 2.24) is 0 Å². The van der Waals surface area contributed by atoms with E-state index in [1.165, 1.54) is 0 Å². The van der Waals surface area contributed by atoms with Crippen LogP contribution >= 0.6 is 25.3 Å². The fourth-order valence-electron chi connectivity index (χ4n) is 0.968. The van der Waals surface area contributed by atoms with Crippen molar-refractivity contribution in [2.24, 2.45) is 0 Å². The molecule has 4 heteroatoms. The number of carbonyl (C=O) groups excluding carboxylic acids is 1. The minimum Gasteiger partial charge on any atom is -0.461 e. The van der Waals surface area contributed by atoms with Gasteiger partial charge in [0.1, 0.15) is 6.61 Å². The van der Waals surface area contributed by atoms with Crippen molar-refractivity contribution in [3.63, 3.8) is 0 Å². The first kappa shape index (κ1) is 11.5. The maximum atomic E-state index is 11.3. The van der Waals surface area contributed by atoms with Crippen LogP contribution in [0, 0.1) is 0 Å². The van der Waals surface area contributed by atoms with Crippen molar-refractivity contribution in [3.8, 4) is 0 Å². The van der Waals surface area contributed by atoms with E-state index >= 15 is 0 Å². The van der Waals surface area contributed by atoms with E-state index in [9.17, 15) is 4.79 Å². The number of hydrogen-bond donors (Lipinski definition) is 2. The molecule has 0 radical (unpaired) electrons. The van der Waals surface area contributed by atoms with Gasteiger partial charge in [-0.05, 0) is 17.7 Å². The van der Waals surface area contributed by atoms with Gasteiger partial charge in [0.25, 0.3) is 0 Å². The molecule has 14 heavy (non-hydrogen) atoms. The number of hydrogen-bond acceptors (Lipinski definition) is 4. The molecule has 0 aliphatic rings. The number of carbonyl (C=O) groups is 1. The van der Waals surface area contributed by atoms with E-state index in [0.717, 1.165) is 5.56 Å². The largest absolute Gasteiger partial charge is 0.461 e. The molecule has 0 N–H and O–H groups in total. The van der Waals surface area contributed by atoms with Gasteiger partial charge in [-0.25, -0.2) is 4.79 Å². The van der Waals surface area contributed by atoms with Crippen molar-refractivity contribution >= 4 is 31.2 Å². The Labute approximate surface area is 94.5 Å². The zero-order chi connectivity index (χ0) is 10.4. The van der Waals surface area contributed by atoms with Gasteiger partial charge in [0.2, 0.25) is 0 Å². The second-order valence-electron chi connectivity index (χ2n) is 2.71. The number of esters is 1. The molecule has 0 unspecified atom stereocenters. The number of ether oxygens (including phenoxy) is 1. The normalized spacial score (nSPS) is 9.86. The van der Waals surface area contributed by atoms with Crippen LogP contribution in [-0.2, 0) is 10.5 Å². The third kappa shape index (κ3) is 3.27. The molecule has 0 aromatic heterocycles. The molecule has 0 saturated carbocycles. The Morgan fingerprint density at radius 2 is 1.86 bits per heavy atom. The average molecular weight is 228 g/mol. The lowest BCUT2D eigenvalue weighted by molar-refractivity contribution is 0.0530. The minimum absolute atomic E-state index is 0.301. The van der Waals surface area contributed by atoms with E-state index in [1.54, 1.807) is 12.1 Å². The predicted molar refractivity (Wildman–Crippen MR) is 63.3 cm³/mol. The third-order valence-corrected chi connectivity index (χ3v) is 2.24. The molecule has 1 aromatic rings. The quantitative estimate of drug-likeness (QED) is 0.610. The van der Waals surface area contributed by atoms with Gasteiger partial charge in [-0.2, -0.15) is 25.3 Å². The van der Waals surface area contributed by atoms with E-state index in [-0.39, 0.29) is 5.97 Å². The Balaban J connectivity index is 2.62. The molecule has 0 aliphatic heterocycles. The minimum atomic E-state index is -0.301. The SMILES string of the molecule is O=C(OCCS)c1ccc(CS)cc1. The van der Waals surface area contributed by atoms with E-state index < -0.39 is 0 Å². The van der Waals surface area contributed by atoms with Crippen LogP contribution in [0.2, 0.25) is 0 Å². The molecule has 76 valence electrons. The summed E-state index contributed by atoms with van der Waals surface area (Å²) in [4.78, 5) is 11.3.